The topological polar surface area (TPSA) is 87.7 Å². The summed E-state index contributed by atoms with van der Waals surface area (Å²) in [5, 5.41) is 5.02. The molecule has 0 bridgehead atoms. The average Bonchev–Trinajstić information content (AvgIpc) is 2.33. The van der Waals surface area contributed by atoms with E-state index in [0.717, 1.165) is 0 Å². The third kappa shape index (κ3) is 6.85. The quantitative estimate of drug-likeness (QED) is 0.557. The van der Waals surface area contributed by atoms with Gasteiger partial charge < -0.3 is 20.3 Å². The van der Waals surface area contributed by atoms with Gasteiger partial charge in [-0.25, -0.2) is 4.79 Å². The van der Waals surface area contributed by atoms with Crippen LogP contribution < -0.4 is 10.6 Å². The smallest absolute Gasteiger partial charge is 0.329 e. The van der Waals surface area contributed by atoms with E-state index in [4.69, 9.17) is 0 Å². The number of rotatable bonds is 7. The van der Waals surface area contributed by atoms with Gasteiger partial charge in [0, 0.05) is 33.5 Å². The van der Waals surface area contributed by atoms with Crippen LogP contribution in [0.25, 0.3) is 0 Å². The number of nitrogens with one attached hydrogen (secondary N) is 2. The third-order valence-corrected chi connectivity index (χ3v) is 2.36. The maximum Gasteiger partial charge on any atom is 0.329 e. The number of methoxy groups -OCH3 is 1. The maximum atomic E-state index is 11.4. The molecule has 1 unspecified atom stereocenters. The van der Waals surface area contributed by atoms with Gasteiger partial charge in [-0.05, 0) is 7.05 Å². The fourth-order valence-electron chi connectivity index (χ4n) is 1.39. The summed E-state index contributed by atoms with van der Waals surface area (Å²) in [6, 6.07) is -0.720. The predicted octanol–water partition coefficient (Wildman–Crippen LogP) is -1.27. The lowest BCUT2D eigenvalue weighted by Crippen LogP contribution is -2.48. The molecule has 2 N–H and O–H groups in total. The van der Waals surface area contributed by atoms with Crippen LogP contribution in [0.2, 0.25) is 0 Å². The van der Waals surface area contributed by atoms with Gasteiger partial charge in [-0.3, -0.25) is 9.59 Å². The fourth-order valence-corrected chi connectivity index (χ4v) is 1.39. The number of carbonyl (C=O) groups is 3. The second kappa shape index (κ2) is 8.46. The van der Waals surface area contributed by atoms with Crippen LogP contribution in [-0.4, -0.2) is 63.0 Å². The second-order valence-electron chi connectivity index (χ2n) is 3.96. The van der Waals surface area contributed by atoms with Gasteiger partial charge in [0.15, 0.2) is 0 Å². The van der Waals surface area contributed by atoms with Crippen molar-refractivity contribution in [2.24, 2.45) is 0 Å². The van der Waals surface area contributed by atoms with Crippen LogP contribution in [0.3, 0.4) is 0 Å². The molecule has 0 aromatic carbocycles. The first-order valence-electron chi connectivity index (χ1n) is 5.64. The average molecular weight is 259 g/mol. The van der Waals surface area contributed by atoms with Crippen molar-refractivity contribution in [1.82, 2.24) is 15.5 Å². The SMILES string of the molecule is CNC(=O)CCN(C)CC(NC(C)=O)C(=O)OC. The summed E-state index contributed by atoms with van der Waals surface area (Å²) in [7, 11) is 4.60. The molecular formula is C11H21N3O4. The zero-order chi connectivity index (χ0) is 14.1. The fraction of sp³-hybridized carbons (Fsp3) is 0.727. The van der Waals surface area contributed by atoms with E-state index >= 15 is 0 Å². The number of hydrogen-bond donors (Lipinski definition) is 2. The molecule has 0 rings (SSSR count). The van der Waals surface area contributed by atoms with Crippen molar-refractivity contribution in [3.63, 3.8) is 0 Å². The second-order valence-corrected chi connectivity index (χ2v) is 3.96. The minimum atomic E-state index is -0.720. The van der Waals surface area contributed by atoms with Crippen molar-refractivity contribution >= 4 is 17.8 Å². The Bertz CT molecular complexity index is 307. The summed E-state index contributed by atoms with van der Waals surface area (Å²) in [6.07, 6.45) is 0.334. The van der Waals surface area contributed by atoms with E-state index in [1.54, 1.807) is 19.0 Å². The minimum Gasteiger partial charge on any atom is -0.467 e. The summed E-state index contributed by atoms with van der Waals surface area (Å²) in [5.41, 5.74) is 0. The van der Waals surface area contributed by atoms with Crippen LogP contribution in [0, 0.1) is 0 Å². The van der Waals surface area contributed by atoms with Crippen LogP contribution in [0.5, 0.6) is 0 Å². The van der Waals surface area contributed by atoms with E-state index in [9.17, 15) is 14.4 Å². The van der Waals surface area contributed by atoms with Crippen LogP contribution in [0.15, 0.2) is 0 Å². The summed E-state index contributed by atoms with van der Waals surface area (Å²) >= 11 is 0. The van der Waals surface area contributed by atoms with Gasteiger partial charge in [-0.15, -0.1) is 0 Å². The molecule has 0 aromatic heterocycles. The number of carbonyl (C=O) groups excluding carboxylic acids is 3. The van der Waals surface area contributed by atoms with Gasteiger partial charge in [-0.1, -0.05) is 0 Å². The Morgan fingerprint density at radius 1 is 1.33 bits per heavy atom. The summed E-state index contributed by atoms with van der Waals surface area (Å²) < 4.78 is 4.60. The monoisotopic (exact) mass is 259 g/mol. The highest BCUT2D eigenvalue weighted by molar-refractivity contribution is 5.83. The molecule has 0 heterocycles. The Labute approximate surface area is 107 Å². The van der Waals surface area contributed by atoms with Crippen molar-refractivity contribution < 1.29 is 19.1 Å². The highest BCUT2D eigenvalue weighted by atomic mass is 16.5. The molecule has 0 radical (unpaired) electrons. The molecule has 1 atom stereocenters. The molecule has 0 spiro atoms. The van der Waals surface area contributed by atoms with Crippen LogP contribution in [0.1, 0.15) is 13.3 Å². The first kappa shape index (κ1) is 16.4. The molecule has 104 valence electrons. The standard InChI is InChI=1S/C11H21N3O4/c1-8(15)13-9(11(17)18-4)7-14(3)6-5-10(16)12-2/h9H,5-7H2,1-4H3,(H,12,16)(H,13,15). The van der Waals surface area contributed by atoms with Crippen molar-refractivity contribution in [3.05, 3.63) is 0 Å². The molecule has 7 nitrogen and oxygen atoms in total. The molecule has 2 amide bonds. The number of esters is 1. The van der Waals surface area contributed by atoms with E-state index < -0.39 is 12.0 Å². The lowest BCUT2D eigenvalue weighted by molar-refractivity contribution is -0.145. The number of nitrogens with zero attached hydrogens (tertiary/aromatic N) is 1. The van der Waals surface area contributed by atoms with E-state index in [2.05, 4.69) is 15.4 Å². The zero-order valence-corrected chi connectivity index (χ0v) is 11.3. The lowest BCUT2D eigenvalue weighted by atomic mass is 10.2. The summed E-state index contributed by atoms with van der Waals surface area (Å²) in [5.74, 6) is -0.877. The molecule has 18 heavy (non-hydrogen) atoms. The van der Waals surface area contributed by atoms with Gasteiger partial charge in [-0.2, -0.15) is 0 Å². The first-order chi connectivity index (χ1) is 8.40. The lowest BCUT2D eigenvalue weighted by Gasteiger charge is -2.22. The Kier molecular flexibility index (Phi) is 7.69. The number of amides is 2. The Hall–Kier alpha value is -1.63. The first-order valence-corrected chi connectivity index (χ1v) is 5.64. The largest absolute Gasteiger partial charge is 0.467 e. The Morgan fingerprint density at radius 3 is 2.39 bits per heavy atom. The van der Waals surface area contributed by atoms with Crippen molar-refractivity contribution in [2.75, 3.05) is 34.3 Å². The van der Waals surface area contributed by atoms with Gasteiger partial charge in [0.1, 0.15) is 6.04 Å². The molecule has 0 fully saturated rings. The van der Waals surface area contributed by atoms with Crippen molar-refractivity contribution in [1.29, 1.82) is 0 Å². The normalized spacial score (nSPS) is 11.8. The van der Waals surface area contributed by atoms with E-state index in [1.165, 1.54) is 14.0 Å². The van der Waals surface area contributed by atoms with Crippen LogP contribution in [-0.2, 0) is 19.1 Å². The van der Waals surface area contributed by atoms with Gasteiger partial charge in [0.05, 0.1) is 7.11 Å². The van der Waals surface area contributed by atoms with Gasteiger partial charge in [0.2, 0.25) is 11.8 Å². The molecule has 0 aliphatic carbocycles. The molecule has 0 aromatic rings. The Morgan fingerprint density at radius 2 is 1.94 bits per heavy atom. The molecule has 7 heteroatoms. The van der Waals surface area contributed by atoms with E-state index in [-0.39, 0.29) is 11.8 Å². The van der Waals surface area contributed by atoms with E-state index in [1.807, 2.05) is 0 Å². The Balaban J connectivity index is 4.25. The van der Waals surface area contributed by atoms with Crippen LogP contribution >= 0.6 is 0 Å². The molecule has 0 aliphatic rings. The molecule has 0 saturated carbocycles. The minimum absolute atomic E-state index is 0.0732. The van der Waals surface area contributed by atoms with Crippen molar-refractivity contribution in [2.45, 2.75) is 19.4 Å². The number of likely N-dealkylation sites (N-methyl/N-ethyl adjacent to an activating group) is 1. The highest BCUT2D eigenvalue weighted by Gasteiger charge is 2.21. The van der Waals surface area contributed by atoms with Gasteiger partial charge in [0.25, 0.3) is 0 Å². The number of hydrogen-bond acceptors (Lipinski definition) is 5. The van der Waals surface area contributed by atoms with Crippen molar-refractivity contribution in [3.8, 4) is 0 Å². The zero-order valence-electron chi connectivity index (χ0n) is 11.3. The predicted molar refractivity (Wildman–Crippen MR) is 65.8 cm³/mol. The molecule has 0 saturated heterocycles. The highest BCUT2D eigenvalue weighted by Crippen LogP contribution is 1.95. The van der Waals surface area contributed by atoms with E-state index in [0.29, 0.717) is 19.5 Å². The maximum absolute atomic E-state index is 11.4. The number of ether oxygens (including phenoxy) is 1. The molecule has 0 aliphatic heterocycles. The third-order valence-electron chi connectivity index (χ3n) is 2.36. The van der Waals surface area contributed by atoms with Crippen LogP contribution in [0.4, 0.5) is 0 Å². The molecular weight excluding hydrogens is 238 g/mol. The summed E-state index contributed by atoms with van der Waals surface area (Å²) in [6.45, 7) is 2.12. The van der Waals surface area contributed by atoms with Gasteiger partial charge >= 0.3 is 5.97 Å². The summed E-state index contributed by atoms with van der Waals surface area (Å²) in [4.78, 5) is 35.3.